The van der Waals surface area contributed by atoms with Crippen molar-refractivity contribution >= 4 is 0 Å². The lowest BCUT2D eigenvalue weighted by molar-refractivity contribution is 0.590. The van der Waals surface area contributed by atoms with Gasteiger partial charge in [0.15, 0.2) is 0 Å². The highest BCUT2D eigenvalue weighted by Gasteiger charge is 2.15. The van der Waals surface area contributed by atoms with Gasteiger partial charge in [-0.1, -0.05) is 45.0 Å². The number of nitrogens with zero attached hydrogens (tertiary/aromatic N) is 1. The van der Waals surface area contributed by atoms with Crippen molar-refractivity contribution in [3.63, 3.8) is 0 Å². The maximum Gasteiger partial charge on any atom is 0.266 e. The average molecular weight is 294 g/mol. The van der Waals surface area contributed by atoms with Gasteiger partial charge in [-0.3, -0.25) is 4.79 Å². The minimum atomic E-state index is -0.302. The van der Waals surface area contributed by atoms with Gasteiger partial charge < -0.3 is 4.98 Å². The number of aromatic nitrogens is 1. The van der Waals surface area contributed by atoms with E-state index in [0.29, 0.717) is 6.42 Å². The van der Waals surface area contributed by atoms with Crippen molar-refractivity contribution in [2.24, 2.45) is 0 Å². The van der Waals surface area contributed by atoms with E-state index in [1.165, 1.54) is 11.1 Å². The van der Waals surface area contributed by atoms with Crippen molar-refractivity contribution < 1.29 is 0 Å². The molecule has 114 valence electrons. The molecule has 0 bridgehead atoms. The number of H-pyrrole nitrogens is 1. The van der Waals surface area contributed by atoms with E-state index in [0.717, 1.165) is 16.8 Å². The van der Waals surface area contributed by atoms with Crippen LogP contribution in [0.4, 0.5) is 0 Å². The lowest BCUT2D eigenvalue weighted by Gasteiger charge is -2.19. The third-order valence-electron chi connectivity index (χ3n) is 4.12. The van der Waals surface area contributed by atoms with Gasteiger partial charge in [-0.05, 0) is 47.9 Å². The molecule has 0 aliphatic carbocycles. The average Bonchev–Trinajstić information content (AvgIpc) is 2.43. The highest BCUT2D eigenvalue weighted by atomic mass is 16.1. The third kappa shape index (κ3) is 3.12. The fraction of sp³-hybridized carbons (Fsp3) is 0.368. The molecule has 22 heavy (non-hydrogen) atoms. The van der Waals surface area contributed by atoms with Crippen LogP contribution in [0.15, 0.2) is 29.1 Å². The summed E-state index contributed by atoms with van der Waals surface area (Å²) in [7, 11) is 0. The number of nitriles is 1. The number of benzene rings is 1. The largest absolute Gasteiger partial charge is 0.325 e. The Bertz CT molecular complexity index is 784. The highest BCUT2D eigenvalue weighted by Crippen LogP contribution is 2.24. The Labute approximate surface area is 131 Å². The number of aryl methyl sites for hydroxylation is 1. The molecule has 0 fully saturated rings. The molecular formula is C19H22N2O. The van der Waals surface area contributed by atoms with Crippen LogP contribution in [0.25, 0.3) is 0 Å². The fourth-order valence-corrected chi connectivity index (χ4v) is 2.64. The summed E-state index contributed by atoms with van der Waals surface area (Å²) in [5.74, 6) is 0. The van der Waals surface area contributed by atoms with E-state index in [1.54, 1.807) is 0 Å². The fourth-order valence-electron chi connectivity index (χ4n) is 2.64. The summed E-state index contributed by atoms with van der Waals surface area (Å²) in [5, 5.41) is 9.14. The maximum absolute atomic E-state index is 11.8. The van der Waals surface area contributed by atoms with Gasteiger partial charge in [0.05, 0.1) is 0 Å². The van der Waals surface area contributed by atoms with E-state index in [-0.39, 0.29) is 16.5 Å². The summed E-state index contributed by atoms with van der Waals surface area (Å²) >= 11 is 0. The minimum absolute atomic E-state index is 0.135. The van der Waals surface area contributed by atoms with Crippen molar-refractivity contribution in [1.29, 1.82) is 5.26 Å². The van der Waals surface area contributed by atoms with E-state index >= 15 is 0 Å². The molecule has 3 nitrogen and oxygen atoms in total. The zero-order valence-electron chi connectivity index (χ0n) is 13.9. The van der Waals surface area contributed by atoms with Crippen LogP contribution < -0.4 is 5.56 Å². The Kier molecular flexibility index (Phi) is 4.23. The first kappa shape index (κ1) is 16.0. The number of rotatable bonds is 2. The number of nitrogens with one attached hydrogen (secondary N) is 1. The monoisotopic (exact) mass is 294 g/mol. The van der Waals surface area contributed by atoms with Crippen LogP contribution in [0.1, 0.15) is 54.3 Å². The van der Waals surface area contributed by atoms with Crippen molar-refractivity contribution in [2.45, 2.75) is 46.5 Å². The summed E-state index contributed by atoms with van der Waals surface area (Å²) in [6.45, 7) is 10.3. The summed E-state index contributed by atoms with van der Waals surface area (Å²) in [5.41, 5.74) is 5.16. The van der Waals surface area contributed by atoms with Crippen LogP contribution in [-0.4, -0.2) is 4.98 Å². The van der Waals surface area contributed by atoms with E-state index in [1.807, 2.05) is 19.9 Å². The first-order valence-corrected chi connectivity index (χ1v) is 7.46. The Morgan fingerprint density at radius 1 is 1.14 bits per heavy atom. The lowest BCUT2D eigenvalue weighted by Crippen LogP contribution is -2.16. The zero-order valence-corrected chi connectivity index (χ0v) is 13.9. The molecule has 1 heterocycles. The van der Waals surface area contributed by atoms with E-state index < -0.39 is 0 Å². The van der Waals surface area contributed by atoms with E-state index in [2.05, 4.69) is 50.0 Å². The number of aromatic amines is 1. The SMILES string of the molecule is Cc1[nH]c(=O)c(C#N)c(C)c1Cc1ccc(C(C)(C)C)cc1. The van der Waals surface area contributed by atoms with E-state index in [4.69, 9.17) is 5.26 Å². The Morgan fingerprint density at radius 3 is 2.23 bits per heavy atom. The first-order valence-electron chi connectivity index (χ1n) is 7.46. The molecule has 0 radical (unpaired) electrons. The normalized spacial score (nSPS) is 11.3. The molecule has 1 aromatic carbocycles. The lowest BCUT2D eigenvalue weighted by atomic mass is 9.86. The van der Waals surface area contributed by atoms with Crippen molar-refractivity contribution in [3.8, 4) is 6.07 Å². The predicted molar refractivity (Wildman–Crippen MR) is 89.2 cm³/mol. The summed E-state index contributed by atoms with van der Waals surface area (Å²) in [6.07, 6.45) is 0.716. The summed E-state index contributed by atoms with van der Waals surface area (Å²) < 4.78 is 0. The van der Waals surface area contributed by atoms with Crippen LogP contribution >= 0.6 is 0 Å². The smallest absolute Gasteiger partial charge is 0.266 e. The highest BCUT2D eigenvalue weighted by molar-refractivity contribution is 5.44. The van der Waals surface area contributed by atoms with Crippen LogP contribution in [-0.2, 0) is 11.8 Å². The molecule has 0 unspecified atom stereocenters. The van der Waals surface area contributed by atoms with Crippen molar-refractivity contribution in [1.82, 2.24) is 4.98 Å². The van der Waals surface area contributed by atoms with Gasteiger partial charge in [-0.2, -0.15) is 5.26 Å². The van der Waals surface area contributed by atoms with Gasteiger partial charge in [-0.15, -0.1) is 0 Å². The van der Waals surface area contributed by atoms with Crippen LogP contribution in [0.2, 0.25) is 0 Å². The van der Waals surface area contributed by atoms with Crippen molar-refractivity contribution in [2.75, 3.05) is 0 Å². The van der Waals surface area contributed by atoms with Crippen LogP contribution in [0.3, 0.4) is 0 Å². The van der Waals surface area contributed by atoms with E-state index in [9.17, 15) is 4.79 Å². The molecule has 3 heteroatoms. The maximum atomic E-state index is 11.8. The second-order valence-electron chi connectivity index (χ2n) is 6.79. The molecule has 0 spiro atoms. The van der Waals surface area contributed by atoms with Crippen LogP contribution in [0, 0.1) is 25.2 Å². The molecule has 1 aromatic heterocycles. The number of pyridine rings is 1. The Balaban J connectivity index is 2.40. The van der Waals surface area contributed by atoms with Gasteiger partial charge in [0.1, 0.15) is 11.6 Å². The number of hydrogen-bond donors (Lipinski definition) is 1. The third-order valence-corrected chi connectivity index (χ3v) is 4.12. The molecule has 2 aromatic rings. The summed E-state index contributed by atoms with van der Waals surface area (Å²) in [4.78, 5) is 14.6. The predicted octanol–water partition coefficient (Wildman–Crippen LogP) is 3.75. The zero-order chi connectivity index (χ0) is 16.5. The molecule has 0 saturated heterocycles. The molecule has 0 aliphatic heterocycles. The van der Waals surface area contributed by atoms with Gasteiger partial charge in [-0.25, -0.2) is 0 Å². The van der Waals surface area contributed by atoms with Crippen molar-refractivity contribution in [3.05, 3.63) is 68.1 Å². The molecule has 1 N–H and O–H groups in total. The number of hydrogen-bond acceptors (Lipinski definition) is 2. The van der Waals surface area contributed by atoms with Crippen LogP contribution in [0.5, 0.6) is 0 Å². The molecule has 0 aliphatic rings. The van der Waals surface area contributed by atoms with Gasteiger partial charge >= 0.3 is 0 Å². The second-order valence-corrected chi connectivity index (χ2v) is 6.79. The Morgan fingerprint density at radius 2 is 1.73 bits per heavy atom. The molecular weight excluding hydrogens is 272 g/mol. The Hall–Kier alpha value is -2.34. The molecule has 2 rings (SSSR count). The summed E-state index contributed by atoms with van der Waals surface area (Å²) in [6, 6.07) is 10.5. The molecule has 0 amide bonds. The quantitative estimate of drug-likeness (QED) is 0.917. The van der Waals surface area contributed by atoms with Gasteiger partial charge in [0.2, 0.25) is 0 Å². The second kappa shape index (κ2) is 5.81. The first-order chi connectivity index (χ1) is 10.2. The minimum Gasteiger partial charge on any atom is -0.325 e. The topological polar surface area (TPSA) is 56.6 Å². The van der Waals surface area contributed by atoms with Gasteiger partial charge in [0.25, 0.3) is 5.56 Å². The van der Waals surface area contributed by atoms with Gasteiger partial charge in [0, 0.05) is 5.69 Å². The molecule has 0 saturated carbocycles. The molecule has 0 atom stereocenters. The standard InChI is InChI=1S/C19H22N2O/c1-12-16(13(2)21-18(22)17(12)11-20)10-14-6-8-15(9-7-14)19(3,4)5/h6-9H,10H2,1-5H3,(H,21,22).